The fourth-order valence-corrected chi connectivity index (χ4v) is 2.59. The lowest BCUT2D eigenvalue weighted by Gasteiger charge is -2.19. The van der Waals surface area contributed by atoms with Gasteiger partial charge in [-0.3, -0.25) is 0 Å². The largest absolute Gasteiger partial charge is 0.497 e. The maximum Gasteiger partial charge on any atom is 0.418 e. The second-order valence-corrected chi connectivity index (χ2v) is 5.21. The molecule has 0 aliphatic heterocycles. The van der Waals surface area contributed by atoms with E-state index in [-0.39, 0.29) is 5.56 Å². The van der Waals surface area contributed by atoms with E-state index < -0.39 is 12.3 Å². The Morgan fingerprint density at radius 3 is 2.67 bits per heavy atom. The van der Waals surface area contributed by atoms with E-state index in [1.54, 1.807) is 5.51 Å². The summed E-state index contributed by atoms with van der Waals surface area (Å²) in [7, 11) is 1.44. The van der Waals surface area contributed by atoms with Crippen LogP contribution in [0.4, 0.5) is 13.2 Å². The number of aliphatic hydroxyl groups excluding tert-OH is 1. The Labute approximate surface area is 124 Å². The molecule has 0 bridgehead atoms. The molecule has 1 aromatic heterocycles. The minimum atomic E-state index is -4.69. The Balaban J connectivity index is 2.27. The number of hydrogen-bond acceptors (Lipinski definition) is 4. The lowest BCUT2D eigenvalue weighted by Crippen LogP contribution is -2.21. The molecule has 0 saturated carbocycles. The lowest BCUT2D eigenvalue weighted by molar-refractivity contribution is -0.207. The molecule has 0 radical (unpaired) electrons. The lowest BCUT2D eigenvalue weighted by atomic mass is 9.97. The molecule has 0 spiro atoms. The van der Waals surface area contributed by atoms with Crippen molar-refractivity contribution < 1.29 is 23.0 Å². The smallest absolute Gasteiger partial charge is 0.418 e. The van der Waals surface area contributed by atoms with Crippen LogP contribution in [0.25, 0.3) is 0 Å². The van der Waals surface area contributed by atoms with Crippen LogP contribution in [0.15, 0.2) is 29.1 Å². The molecule has 0 aliphatic rings. The molecule has 1 N–H and O–H groups in total. The highest BCUT2D eigenvalue weighted by atomic mass is 32.1. The molecule has 0 fully saturated rings. The van der Waals surface area contributed by atoms with Gasteiger partial charge >= 0.3 is 6.18 Å². The van der Waals surface area contributed by atoms with E-state index >= 15 is 0 Å². The van der Waals surface area contributed by atoms with E-state index in [1.807, 2.05) is 5.38 Å². The number of aromatic nitrogens is 1. The number of methoxy groups -OCH3 is 1. The number of alkyl halides is 3. The average Bonchev–Trinajstić information content (AvgIpc) is 2.96. The van der Waals surface area contributed by atoms with Gasteiger partial charge in [-0.1, -0.05) is 6.07 Å². The molecule has 1 aromatic carbocycles. The van der Waals surface area contributed by atoms with E-state index in [0.717, 1.165) is 5.69 Å². The van der Waals surface area contributed by atoms with Crippen molar-refractivity contribution in [3.8, 4) is 5.75 Å². The number of rotatable bonds is 5. The van der Waals surface area contributed by atoms with Gasteiger partial charge in [0.05, 0.1) is 18.3 Å². The van der Waals surface area contributed by atoms with Crippen molar-refractivity contribution in [3.05, 3.63) is 45.9 Å². The molecule has 1 unspecified atom stereocenters. The molecule has 114 valence electrons. The van der Waals surface area contributed by atoms with Gasteiger partial charge in [-0.15, -0.1) is 11.3 Å². The maximum atomic E-state index is 12.7. The van der Waals surface area contributed by atoms with Crippen LogP contribution < -0.4 is 4.74 Å². The van der Waals surface area contributed by atoms with Gasteiger partial charge in [-0.2, -0.15) is 13.2 Å². The summed E-state index contributed by atoms with van der Waals surface area (Å²) in [6.45, 7) is 0. The highest BCUT2D eigenvalue weighted by molar-refractivity contribution is 7.07. The van der Waals surface area contributed by atoms with Crippen molar-refractivity contribution in [2.45, 2.75) is 25.1 Å². The first-order valence-electron chi connectivity index (χ1n) is 6.20. The summed E-state index contributed by atoms with van der Waals surface area (Å²) in [5.41, 5.74) is 2.76. The SMILES string of the molecule is COc1ccc(C(O)C(F)(F)F)c(CCc2cscn2)c1. The number of halogens is 3. The summed E-state index contributed by atoms with van der Waals surface area (Å²) in [5, 5.41) is 11.3. The summed E-state index contributed by atoms with van der Waals surface area (Å²) in [6, 6.07) is 4.20. The summed E-state index contributed by atoms with van der Waals surface area (Å²) in [5.74, 6) is 0.460. The van der Waals surface area contributed by atoms with E-state index in [9.17, 15) is 18.3 Å². The molecule has 3 nitrogen and oxygen atoms in total. The van der Waals surface area contributed by atoms with Gasteiger partial charge in [0.25, 0.3) is 0 Å². The van der Waals surface area contributed by atoms with Gasteiger partial charge in [0, 0.05) is 5.38 Å². The summed E-state index contributed by atoms with van der Waals surface area (Å²) in [4.78, 5) is 4.10. The van der Waals surface area contributed by atoms with Crippen molar-refractivity contribution in [2.24, 2.45) is 0 Å². The van der Waals surface area contributed by atoms with Gasteiger partial charge in [-0.25, -0.2) is 4.98 Å². The predicted octanol–water partition coefficient (Wildman–Crippen LogP) is 3.53. The molecule has 7 heteroatoms. The average molecular weight is 317 g/mol. The van der Waals surface area contributed by atoms with Crippen LogP contribution in [-0.2, 0) is 12.8 Å². The number of nitrogens with zero attached hydrogens (tertiary/aromatic N) is 1. The van der Waals surface area contributed by atoms with E-state index in [0.29, 0.717) is 24.2 Å². The Morgan fingerprint density at radius 1 is 1.33 bits per heavy atom. The first-order chi connectivity index (χ1) is 9.91. The highest BCUT2D eigenvalue weighted by Gasteiger charge is 2.40. The van der Waals surface area contributed by atoms with Crippen LogP contribution >= 0.6 is 11.3 Å². The molecule has 0 amide bonds. The zero-order valence-electron chi connectivity index (χ0n) is 11.2. The van der Waals surface area contributed by atoms with Crippen LogP contribution in [0.1, 0.15) is 22.9 Å². The Morgan fingerprint density at radius 2 is 2.10 bits per heavy atom. The van der Waals surface area contributed by atoms with Crippen molar-refractivity contribution in [1.82, 2.24) is 4.98 Å². The first kappa shape index (κ1) is 15.8. The standard InChI is InChI=1S/C14H14F3NO2S/c1-20-11-4-5-12(13(19)14(15,16)17)9(6-11)2-3-10-7-21-8-18-10/h4-8,13,19H,2-3H2,1H3. The van der Waals surface area contributed by atoms with Gasteiger partial charge in [0.1, 0.15) is 5.75 Å². The van der Waals surface area contributed by atoms with Gasteiger partial charge in [0.15, 0.2) is 6.10 Å². The molecule has 1 atom stereocenters. The number of thiazole rings is 1. The number of hydrogen-bond donors (Lipinski definition) is 1. The zero-order chi connectivity index (χ0) is 15.5. The molecule has 21 heavy (non-hydrogen) atoms. The number of ether oxygens (including phenoxy) is 1. The van der Waals surface area contributed by atoms with Crippen molar-refractivity contribution in [1.29, 1.82) is 0 Å². The minimum absolute atomic E-state index is 0.140. The fourth-order valence-electron chi connectivity index (χ4n) is 1.99. The summed E-state index contributed by atoms with van der Waals surface area (Å²) < 4.78 is 43.2. The third-order valence-electron chi connectivity index (χ3n) is 3.09. The molecular formula is C14H14F3NO2S. The third kappa shape index (κ3) is 3.95. The maximum absolute atomic E-state index is 12.7. The quantitative estimate of drug-likeness (QED) is 0.917. The van der Waals surface area contributed by atoms with Gasteiger partial charge in [0.2, 0.25) is 0 Å². The first-order valence-corrected chi connectivity index (χ1v) is 7.14. The van der Waals surface area contributed by atoms with E-state index in [2.05, 4.69) is 4.98 Å². The summed E-state index contributed by atoms with van der Waals surface area (Å²) in [6.07, 6.45) is -6.32. The molecule has 2 rings (SSSR count). The monoisotopic (exact) mass is 317 g/mol. The second-order valence-electron chi connectivity index (χ2n) is 4.49. The normalized spacial score (nSPS) is 13.2. The molecule has 2 aromatic rings. The van der Waals surface area contributed by atoms with Crippen molar-refractivity contribution in [3.63, 3.8) is 0 Å². The number of aryl methyl sites for hydroxylation is 2. The zero-order valence-corrected chi connectivity index (χ0v) is 12.0. The molecular weight excluding hydrogens is 303 g/mol. The van der Waals surface area contributed by atoms with Crippen LogP contribution in [0.2, 0.25) is 0 Å². The van der Waals surface area contributed by atoms with Crippen LogP contribution in [0, 0.1) is 0 Å². The summed E-state index contributed by atoms with van der Waals surface area (Å²) >= 11 is 1.43. The Kier molecular flexibility index (Phi) is 4.84. The topological polar surface area (TPSA) is 42.4 Å². The van der Waals surface area contributed by atoms with Crippen molar-refractivity contribution in [2.75, 3.05) is 7.11 Å². The van der Waals surface area contributed by atoms with Gasteiger partial charge in [-0.05, 0) is 36.1 Å². The third-order valence-corrected chi connectivity index (χ3v) is 3.72. The molecule has 0 aliphatic carbocycles. The predicted molar refractivity (Wildman–Crippen MR) is 73.5 cm³/mol. The van der Waals surface area contributed by atoms with Crippen molar-refractivity contribution >= 4 is 11.3 Å². The number of aliphatic hydroxyl groups is 1. The second kappa shape index (κ2) is 6.44. The van der Waals surface area contributed by atoms with E-state index in [1.165, 1.54) is 36.6 Å². The Hall–Kier alpha value is -1.60. The Bertz CT molecular complexity index is 584. The molecule has 0 saturated heterocycles. The highest BCUT2D eigenvalue weighted by Crippen LogP contribution is 2.35. The minimum Gasteiger partial charge on any atom is -0.497 e. The van der Waals surface area contributed by atoms with Crippen LogP contribution in [0.5, 0.6) is 5.75 Å². The fraction of sp³-hybridized carbons (Fsp3) is 0.357. The molecule has 1 heterocycles. The van der Waals surface area contributed by atoms with Gasteiger partial charge < -0.3 is 9.84 Å². The van der Waals surface area contributed by atoms with Crippen LogP contribution in [0.3, 0.4) is 0 Å². The van der Waals surface area contributed by atoms with Crippen LogP contribution in [-0.4, -0.2) is 23.4 Å². The number of benzene rings is 1. The van der Waals surface area contributed by atoms with E-state index in [4.69, 9.17) is 4.74 Å².